The van der Waals surface area contributed by atoms with Crippen LogP contribution < -0.4 is 0 Å². The van der Waals surface area contributed by atoms with Crippen LogP contribution in [0.15, 0.2) is 0 Å². The quantitative estimate of drug-likeness (QED) is 0.365. The van der Waals surface area contributed by atoms with Gasteiger partial charge in [0.1, 0.15) is 0 Å². The SMILES string of the molecule is FC(F)(F)C1(F)OC1(F)F.O=C(F)F. The summed E-state index contributed by atoms with van der Waals surface area (Å²) >= 11 is 0. The second kappa shape index (κ2) is 3.33. The van der Waals surface area contributed by atoms with Gasteiger partial charge in [0.15, 0.2) is 0 Å². The molecule has 1 heterocycles. The first-order valence-corrected chi connectivity index (χ1v) is 2.62. The highest BCUT2D eigenvalue weighted by Gasteiger charge is 2.90. The lowest BCUT2D eigenvalue weighted by Crippen LogP contribution is -2.32. The molecule has 0 spiro atoms. The molecule has 1 unspecified atom stereocenters. The number of hydrogen-bond donors (Lipinski definition) is 0. The molecule has 1 atom stereocenters. The Balaban J connectivity index is 0.000000364. The van der Waals surface area contributed by atoms with Gasteiger partial charge in [-0.2, -0.15) is 26.3 Å². The Morgan fingerprint density at radius 3 is 1.29 bits per heavy atom. The summed E-state index contributed by atoms with van der Waals surface area (Å²) in [4.78, 5) is 8.11. The van der Waals surface area contributed by atoms with E-state index in [-0.39, 0.29) is 0 Å². The Hall–Kier alpha value is -0.930. The zero-order valence-electron chi connectivity index (χ0n) is 5.84. The van der Waals surface area contributed by atoms with E-state index >= 15 is 0 Å². The average molecular weight is 232 g/mol. The van der Waals surface area contributed by atoms with Gasteiger partial charge in [-0.25, -0.2) is 4.79 Å². The standard InChI is InChI=1S/C3F6O.CF2O/c4-1(2(5,6)7)3(8,9)10-1;2-1(3)4. The molecule has 1 fully saturated rings. The molecule has 0 aromatic carbocycles. The third-order valence-electron chi connectivity index (χ3n) is 0.966. The van der Waals surface area contributed by atoms with Gasteiger partial charge < -0.3 is 0 Å². The van der Waals surface area contributed by atoms with E-state index in [9.17, 15) is 35.1 Å². The maximum atomic E-state index is 11.7. The molecule has 0 radical (unpaired) electrons. The summed E-state index contributed by atoms with van der Waals surface area (Å²) in [6, 6.07) is 0. The lowest BCUT2D eigenvalue weighted by Gasteiger charge is -2.04. The van der Waals surface area contributed by atoms with Crippen molar-refractivity contribution in [2.45, 2.75) is 18.1 Å². The Kier molecular flexibility index (Phi) is 3.11. The summed E-state index contributed by atoms with van der Waals surface area (Å²) in [7, 11) is 0. The number of rotatable bonds is 0. The van der Waals surface area contributed by atoms with Crippen LogP contribution >= 0.6 is 0 Å². The number of alkyl halides is 6. The molecule has 1 saturated heterocycles. The minimum absolute atomic E-state index is 2.53. The first-order valence-electron chi connectivity index (χ1n) is 2.62. The monoisotopic (exact) mass is 232 g/mol. The minimum atomic E-state index is -5.66. The van der Waals surface area contributed by atoms with Crippen LogP contribution in [-0.4, -0.2) is 24.4 Å². The van der Waals surface area contributed by atoms with E-state index < -0.39 is 24.4 Å². The third kappa shape index (κ3) is 2.53. The molecule has 1 aliphatic rings. The van der Waals surface area contributed by atoms with Crippen LogP contribution in [0.3, 0.4) is 0 Å². The van der Waals surface area contributed by atoms with Gasteiger partial charge in [-0.3, -0.25) is 4.74 Å². The molecule has 0 aromatic rings. The molecule has 0 aromatic heterocycles. The number of carbonyl (C=O) groups is 1. The normalized spacial score (nSPS) is 28.9. The molecule has 2 nitrogen and oxygen atoms in total. The van der Waals surface area contributed by atoms with Gasteiger partial charge in [0.25, 0.3) is 0 Å². The third-order valence-corrected chi connectivity index (χ3v) is 0.966. The van der Waals surface area contributed by atoms with Gasteiger partial charge in [0.2, 0.25) is 0 Å². The maximum absolute atomic E-state index is 11.7. The molecule has 0 N–H and O–H groups in total. The van der Waals surface area contributed by atoms with Crippen LogP contribution in [0.25, 0.3) is 0 Å². The van der Waals surface area contributed by atoms with Gasteiger partial charge in [-0.1, -0.05) is 0 Å². The van der Waals surface area contributed by atoms with E-state index in [4.69, 9.17) is 4.79 Å². The molecule has 0 amide bonds. The lowest BCUT2D eigenvalue weighted by molar-refractivity contribution is -0.231. The van der Waals surface area contributed by atoms with Gasteiger partial charge in [0, 0.05) is 0 Å². The fourth-order valence-electron chi connectivity index (χ4n) is 0.374. The summed E-state index contributed by atoms with van der Waals surface area (Å²) < 4.78 is 89.7. The number of carbonyl (C=O) groups excluding carboxylic acids is 1. The summed E-state index contributed by atoms with van der Waals surface area (Å²) in [6.45, 7) is 0. The lowest BCUT2D eigenvalue weighted by atomic mass is 10.4. The summed E-state index contributed by atoms with van der Waals surface area (Å²) in [5.74, 6) is -4.75. The van der Waals surface area contributed by atoms with E-state index in [0.717, 1.165) is 0 Å². The van der Waals surface area contributed by atoms with Crippen molar-refractivity contribution in [3.63, 3.8) is 0 Å². The van der Waals surface area contributed by atoms with E-state index in [2.05, 4.69) is 4.74 Å². The molecule has 0 saturated carbocycles. The van der Waals surface area contributed by atoms with Crippen molar-refractivity contribution >= 4 is 6.29 Å². The highest BCUT2D eigenvalue weighted by molar-refractivity contribution is 5.55. The Labute approximate surface area is 70.4 Å². The van der Waals surface area contributed by atoms with Gasteiger partial charge in [-0.15, -0.1) is 8.78 Å². The van der Waals surface area contributed by atoms with Gasteiger partial charge >= 0.3 is 24.4 Å². The zero-order chi connectivity index (χ0) is 11.8. The summed E-state index contributed by atoms with van der Waals surface area (Å²) in [5.41, 5.74) is 0. The van der Waals surface area contributed by atoms with Gasteiger partial charge in [-0.05, 0) is 0 Å². The Morgan fingerprint density at radius 2 is 1.29 bits per heavy atom. The Morgan fingerprint density at radius 1 is 1.07 bits per heavy atom. The predicted molar refractivity (Wildman–Crippen MR) is 23.5 cm³/mol. The van der Waals surface area contributed by atoms with Crippen molar-refractivity contribution in [1.82, 2.24) is 0 Å². The van der Waals surface area contributed by atoms with Crippen LogP contribution in [0.5, 0.6) is 0 Å². The van der Waals surface area contributed by atoms with Crippen molar-refractivity contribution in [2.24, 2.45) is 0 Å². The number of epoxide rings is 1. The molecule has 1 rings (SSSR count). The predicted octanol–water partition coefficient (Wildman–Crippen LogP) is 2.88. The molecule has 1 aliphatic heterocycles. The van der Waals surface area contributed by atoms with E-state index in [1.165, 1.54) is 0 Å². The molecule has 84 valence electrons. The minimum Gasteiger partial charge on any atom is -0.263 e. The van der Waals surface area contributed by atoms with Crippen molar-refractivity contribution in [3.8, 4) is 0 Å². The van der Waals surface area contributed by atoms with E-state index in [1.54, 1.807) is 0 Å². The number of hydrogen-bond acceptors (Lipinski definition) is 2. The maximum Gasteiger partial charge on any atom is 0.483 e. The van der Waals surface area contributed by atoms with Crippen molar-refractivity contribution in [2.75, 3.05) is 0 Å². The zero-order valence-corrected chi connectivity index (χ0v) is 5.84. The smallest absolute Gasteiger partial charge is 0.263 e. The number of ether oxygens (including phenoxy) is 1. The topological polar surface area (TPSA) is 29.6 Å². The Bertz CT molecular complexity index is 230. The van der Waals surface area contributed by atoms with Crippen molar-refractivity contribution < 1.29 is 44.7 Å². The van der Waals surface area contributed by atoms with Crippen LogP contribution in [0.4, 0.5) is 39.9 Å². The number of halogens is 8. The first-order chi connectivity index (χ1) is 5.94. The van der Waals surface area contributed by atoms with E-state index in [1.807, 2.05) is 0 Å². The van der Waals surface area contributed by atoms with Crippen LogP contribution in [-0.2, 0) is 4.74 Å². The molecular formula is C4F8O2. The van der Waals surface area contributed by atoms with Gasteiger partial charge in [0.05, 0.1) is 0 Å². The fraction of sp³-hybridized carbons (Fsp3) is 0.750. The molecule has 10 heteroatoms. The van der Waals surface area contributed by atoms with Crippen LogP contribution in [0.1, 0.15) is 0 Å². The second-order valence-electron chi connectivity index (χ2n) is 1.94. The summed E-state index contributed by atoms with van der Waals surface area (Å²) in [6.07, 6.45) is -13.2. The van der Waals surface area contributed by atoms with Crippen molar-refractivity contribution in [3.05, 3.63) is 0 Å². The molecule has 0 bridgehead atoms. The van der Waals surface area contributed by atoms with Crippen LogP contribution in [0, 0.1) is 0 Å². The highest BCUT2D eigenvalue weighted by Crippen LogP contribution is 2.60. The molecular weight excluding hydrogens is 232 g/mol. The van der Waals surface area contributed by atoms with Crippen molar-refractivity contribution in [1.29, 1.82) is 0 Å². The second-order valence-corrected chi connectivity index (χ2v) is 1.94. The molecule has 0 aliphatic carbocycles. The van der Waals surface area contributed by atoms with E-state index in [0.29, 0.717) is 0 Å². The summed E-state index contributed by atoms with van der Waals surface area (Å²) in [5, 5.41) is 0. The first kappa shape index (κ1) is 13.1. The largest absolute Gasteiger partial charge is 0.483 e. The highest BCUT2D eigenvalue weighted by atomic mass is 19.4. The molecule has 14 heavy (non-hydrogen) atoms. The van der Waals surface area contributed by atoms with Crippen LogP contribution in [0.2, 0.25) is 0 Å². The average Bonchev–Trinajstić information content (AvgIpc) is 2.29. The fourth-order valence-corrected chi connectivity index (χ4v) is 0.374.